The number of anilines is 1. The van der Waals surface area contributed by atoms with Gasteiger partial charge >= 0.3 is 0 Å². The Hall–Kier alpha value is -2.63. The van der Waals surface area contributed by atoms with Gasteiger partial charge in [0, 0.05) is 6.20 Å². The molecular weight excluding hydrogens is 258 g/mol. The van der Waals surface area contributed by atoms with Gasteiger partial charge in [-0.1, -0.05) is 12.1 Å². The van der Waals surface area contributed by atoms with E-state index in [2.05, 4.69) is 15.3 Å². The van der Waals surface area contributed by atoms with Crippen molar-refractivity contribution in [1.29, 1.82) is 0 Å². The molecule has 1 aromatic carbocycles. The summed E-state index contributed by atoms with van der Waals surface area (Å²) >= 11 is 0. The average molecular weight is 273 g/mol. The number of carbonyl (C=O) groups excluding carboxylic acids is 1. The summed E-state index contributed by atoms with van der Waals surface area (Å²) in [4.78, 5) is 30.2. The van der Waals surface area contributed by atoms with Crippen molar-refractivity contribution in [2.24, 2.45) is 0 Å². The molecular formula is C14H15N3O3. The molecule has 0 aliphatic rings. The maximum Gasteiger partial charge on any atom is 0.263 e. The van der Waals surface area contributed by atoms with E-state index in [9.17, 15) is 9.59 Å². The first-order valence-electron chi connectivity index (χ1n) is 6.21. The molecule has 0 radical (unpaired) electrons. The highest BCUT2D eigenvalue weighted by Crippen LogP contribution is 2.23. The number of nitrogens with zero attached hydrogens (tertiary/aromatic N) is 1. The zero-order chi connectivity index (χ0) is 14.5. The second kappa shape index (κ2) is 6.01. The van der Waals surface area contributed by atoms with E-state index in [-0.39, 0.29) is 5.56 Å². The fourth-order valence-electron chi connectivity index (χ4n) is 1.69. The lowest BCUT2D eigenvalue weighted by atomic mass is 10.2. The molecule has 0 atom stereocenters. The number of aromatic amines is 1. The third kappa shape index (κ3) is 3.03. The number of para-hydroxylation sites is 2. The fraction of sp³-hybridized carbons (Fsp3) is 0.214. The highest BCUT2D eigenvalue weighted by molar-refractivity contribution is 6.04. The van der Waals surface area contributed by atoms with Crippen molar-refractivity contribution in [3.05, 3.63) is 52.2 Å². The molecule has 6 heteroatoms. The van der Waals surface area contributed by atoms with Crippen LogP contribution in [0.1, 0.15) is 23.1 Å². The minimum absolute atomic E-state index is 0.0399. The summed E-state index contributed by atoms with van der Waals surface area (Å²) in [5.41, 5.74) is 0.00474. The predicted molar refractivity (Wildman–Crippen MR) is 75.2 cm³/mol. The van der Waals surface area contributed by atoms with Crippen LogP contribution >= 0.6 is 0 Å². The Balaban J connectivity index is 2.26. The van der Waals surface area contributed by atoms with Crippen molar-refractivity contribution in [2.45, 2.75) is 13.8 Å². The maximum atomic E-state index is 12.1. The number of ether oxygens (including phenoxy) is 1. The molecule has 104 valence electrons. The van der Waals surface area contributed by atoms with Crippen LogP contribution in [0.25, 0.3) is 0 Å². The molecule has 0 saturated carbocycles. The van der Waals surface area contributed by atoms with Gasteiger partial charge in [-0.05, 0) is 26.0 Å². The number of aromatic nitrogens is 2. The summed E-state index contributed by atoms with van der Waals surface area (Å²) in [6.45, 7) is 3.99. The van der Waals surface area contributed by atoms with Gasteiger partial charge in [-0.15, -0.1) is 0 Å². The zero-order valence-electron chi connectivity index (χ0n) is 11.3. The molecule has 0 bridgehead atoms. The van der Waals surface area contributed by atoms with Crippen molar-refractivity contribution in [2.75, 3.05) is 11.9 Å². The van der Waals surface area contributed by atoms with Crippen molar-refractivity contribution < 1.29 is 9.53 Å². The van der Waals surface area contributed by atoms with Crippen LogP contribution in [0, 0.1) is 6.92 Å². The Morgan fingerprint density at radius 3 is 2.85 bits per heavy atom. The Kier molecular flexibility index (Phi) is 4.14. The summed E-state index contributed by atoms with van der Waals surface area (Å²) in [6, 6.07) is 7.03. The first-order valence-corrected chi connectivity index (χ1v) is 6.21. The zero-order valence-corrected chi connectivity index (χ0v) is 11.3. The Bertz CT molecular complexity index is 679. The Labute approximate surface area is 115 Å². The second-order valence-corrected chi connectivity index (χ2v) is 4.09. The van der Waals surface area contributed by atoms with E-state index in [1.54, 1.807) is 31.2 Å². The highest BCUT2D eigenvalue weighted by Gasteiger charge is 2.13. The minimum atomic E-state index is -0.522. The standard InChI is InChI=1S/C14H15N3O3/c1-3-20-12-7-5-4-6-11(12)17-14(19)10-8-15-9(2)16-13(10)18/h4-8H,3H2,1-2H3,(H,17,19)(H,15,16,18). The van der Waals surface area contributed by atoms with Crippen molar-refractivity contribution >= 4 is 11.6 Å². The maximum absolute atomic E-state index is 12.1. The fourth-order valence-corrected chi connectivity index (χ4v) is 1.69. The minimum Gasteiger partial charge on any atom is -0.492 e. The molecule has 2 aromatic rings. The normalized spacial score (nSPS) is 10.1. The largest absolute Gasteiger partial charge is 0.492 e. The number of H-pyrrole nitrogens is 1. The van der Waals surface area contributed by atoms with Crippen molar-refractivity contribution in [3.63, 3.8) is 0 Å². The van der Waals surface area contributed by atoms with Crippen LogP contribution in [0.15, 0.2) is 35.3 Å². The number of rotatable bonds is 4. The molecule has 0 saturated heterocycles. The van der Waals surface area contributed by atoms with Crippen LogP contribution in [0.3, 0.4) is 0 Å². The molecule has 1 heterocycles. The lowest BCUT2D eigenvalue weighted by molar-refractivity contribution is 0.102. The van der Waals surface area contributed by atoms with Crippen molar-refractivity contribution in [3.8, 4) is 5.75 Å². The van der Waals surface area contributed by atoms with Gasteiger partial charge < -0.3 is 15.0 Å². The highest BCUT2D eigenvalue weighted by atomic mass is 16.5. The third-order valence-electron chi connectivity index (χ3n) is 2.61. The summed E-state index contributed by atoms with van der Waals surface area (Å²) in [6.07, 6.45) is 1.26. The molecule has 2 N–H and O–H groups in total. The molecule has 20 heavy (non-hydrogen) atoms. The lowest BCUT2D eigenvalue weighted by Gasteiger charge is -2.10. The number of hydrogen-bond acceptors (Lipinski definition) is 4. The van der Waals surface area contributed by atoms with E-state index in [1.807, 2.05) is 6.92 Å². The van der Waals surface area contributed by atoms with Crippen LogP contribution in [0.2, 0.25) is 0 Å². The molecule has 1 amide bonds. The van der Waals surface area contributed by atoms with Gasteiger partial charge in [0.25, 0.3) is 11.5 Å². The number of hydrogen-bond donors (Lipinski definition) is 2. The third-order valence-corrected chi connectivity index (χ3v) is 2.61. The summed E-state index contributed by atoms with van der Waals surface area (Å²) in [5, 5.41) is 2.65. The summed E-state index contributed by atoms with van der Waals surface area (Å²) in [5.74, 6) is 0.493. The Morgan fingerprint density at radius 2 is 2.15 bits per heavy atom. The molecule has 2 rings (SSSR count). The summed E-state index contributed by atoms with van der Waals surface area (Å²) < 4.78 is 5.41. The first kappa shape index (κ1) is 13.8. The van der Waals surface area contributed by atoms with Gasteiger partial charge in [0.2, 0.25) is 0 Å². The second-order valence-electron chi connectivity index (χ2n) is 4.09. The molecule has 1 aromatic heterocycles. The van der Waals surface area contributed by atoms with Gasteiger partial charge in [-0.3, -0.25) is 9.59 Å². The topological polar surface area (TPSA) is 84.1 Å². The average Bonchev–Trinajstić information content (AvgIpc) is 2.41. The quantitative estimate of drug-likeness (QED) is 0.888. The van der Waals surface area contributed by atoms with E-state index in [4.69, 9.17) is 4.74 Å². The molecule has 0 fully saturated rings. The van der Waals surface area contributed by atoms with Gasteiger partial charge in [-0.25, -0.2) is 4.98 Å². The summed E-state index contributed by atoms with van der Waals surface area (Å²) in [7, 11) is 0. The molecule has 0 spiro atoms. The van der Waals surface area contributed by atoms with Crippen molar-refractivity contribution in [1.82, 2.24) is 9.97 Å². The van der Waals surface area contributed by atoms with Crippen LogP contribution < -0.4 is 15.6 Å². The number of carbonyl (C=O) groups is 1. The number of nitrogens with one attached hydrogen (secondary N) is 2. The SMILES string of the molecule is CCOc1ccccc1NC(=O)c1cnc(C)[nH]c1=O. The Morgan fingerprint density at radius 1 is 1.40 bits per heavy atom. The van der Waals surface area contributed by atoms with Crippen LogP contribution in [0.5, 0.6) is 5.75 Å². The van der Waals surface area contributed by atoms with Crippen LogP contribution in [-0.2, 0) is 0 Å². The van der Waals surface area contributed by atoms with E-state index < -0.39 is 11.5 Å². The molecule has 0 aliphatic heterocycles. The number of benzene rings is 1. The van der Waals surface area contributed by atoms with Crippen LogP contribution in [0.4, 0.5) is 5.69 Å². The van der Waals surface area contributed by atoms with E-state index in [0.29, 0.717) is 23.9 Å². The molecule has 6 nitrogen and oxygen atoms in total. The first-order chi connectivity index (χ1) is 9.61. The molecule has 0 aliphatic carbocycles. The van der Waals surface area contributed by atoms with E-state index in [0.717, 1.165) is 0 Å². The van der Waals surface area contributed by atoms with E-state index >= 15 is 0 Å². The van der Waals surface area contributed by atoms with Gasteiger partial charge in [0.1, 0.15) is 17.1 Å². The molecule has 0 unspecified atom stereocenters. The number of amides is 1. The van der Waals surface area contributed by atoms with Gasteiger partial charge in [0.15, 0.2) is 0 Å². The van der Waals surface area contributed by atoms with Gasteiger partial charge in [0.05, 0.1) is 12.3 Å². The number of aryl methyl sites for hydroxylation is 1. The van der Waals surface area contributed by atoms with Crippen LogP contribution in [-0.4, -0.2) is 22.5 Å². The monoisotopic (exact) mass is 273 g/mol. The van der Waals surface area contributed by atoms with Gasteiger partial charge in [-0.2, -0.15) is 0 Å². The van der Waals surface area contributed by atoms with E-state index in [1.165, 1.54) is 6.20 Å². The smallest absolute Gasteiger partial charge is 0.263 e. The predicted octanol–water partition coefficient (Wildman–Crippen LogP) is 1.73. The lowest BCUT2D eigenvalue weighted by Crippen LogP contribution is -2.24.